The minimum atomic E-state index is -4.83. The summed E-state index contributed by atoms with van der Waals surface area (Å²) >= 11 is 0. The van der Waals surface area contributed by atoms with Gasteiger partial charge in [0.05, 0.1) is 12.2 Å². The molecule has 7 heteroatoms. The van der Waals surface area contributed by atoms with E-state index in [0.29, 0.717) is 31.9 Å². The first-order valence-electron chi connectivity index (χ1n) is 6.55. The zero-order valence-electron chi connectivity index (χ0n) is 11.8. The summed E-state index contributed by atoms with van der Waals surface area (Å²) in [4.78, 5) is 13.5. The van der Waals surface area contributed by atoms with E-state index in [1.165, 1.54) is 4.90 Å². The molecule has 1 rings (SSSR count). The first-order chi connectivity index (χ1) is 9.81. The van der Waals surface area contributed by atoms with Crippen LogP contribution in [0.15, 0.2) is 18.2 Å². The van der Waals surface area contributed by atoms with Crippen LogP contribution in [0.1, 0.15) is 29.8 Å². The summed E-state index contributed by atoms with van der Waals surface area (Å²) in [6, 6.07) is 2.25. The molecule has 0 aromatic heterocycles. The Morgan fingerprint density at radius 3 is 2.48 bits per heavy atom. The van der Waals surface area contributed by atoms with Gasteiger partial charge in [-0.1, -0.05) is 0 Å². The highest BCUT2D eigenvalue weighted by atomic mass is 19.4. The van der Waals surface area contributed by atoms with Crippen LogP contribution >= 0.6 is 0 Å². The molecule has 1 amide bonds. The molecular formula is C14H17F4NO2. The molecule has 0 bridgehead atoms. The third-order valence-corrected chi connectivity index (χ3v) is 2.90. The fraction of sp³-hybridized carbons (Fsp3) is 0.500. The Bertz CT molecular complexity index is 488. The van der Waals surface area contributed by atoms with Crippen LogP contribution in [0.25, 0.3) is 0 Å². The average Bonchev–Trinajstić information content (AvgIpc) is 2.42. The fourth-order valence-electron chi connectivity index (χ4n) is 1.78. The van der Waals surface area contributed by atoms with Crippen LogP contribution in [0.5, 0.6) is 0 Å². The topological polar surface area (TPSA) is 29.5 Å². The van der Waals surface area contributed by atoms with E-state index in [1.807, 2.05) is 0 Å². The number of likely N-dealkylation sites (N-methyl/N-ethyl adjacent to an activating group) is 1. The summed E-state index contributed by atoms with van der Waals surface area (Å²) in [5.41, 5.74) is -1.63. The van der Waals surface area contributed by atoms with Crippen LogP contribution in [-0.2, 0) is 10.9 Å². The number of hydrogen-bond donors (Lipinski definition) is 0. The lowest BCUT2D eigenvalue weighted by atomic mass is 10.1. The Kier molecular flexibility index (Phi) is 6.14. The quantitative estimate of drug-likeness (QED) is 0.596. The third-order valence-electron chi connectivity index (χ3n) is 2.90. The number of halogens is 4. The van der Waals surface area contributed by atoms with Crippen molar-refractivity contribution in [1.82, 2.24) is 4.90 Å². The predicted octanol–water partition coefficient (Wildman–Crippen LogP) is 3.34. The molecule has 0 radical (unpaired) electrons. The molecular weight excluding hydrogens is 290 g/mol. The van der Waals surface area contributed by atoms with Gasteiger partial charge in [-0.3, -0.25) is 4.79 Å². The van der Waals surface area contributed by atoms with E-state index in [2.05, 4.69) is 0 Å². The number of hydrogen-bond acceptors (Lipinski definition) is 2. The normalized spacial score (nSPS) is 11.5. The van der Waals surface area contributed by atoms with E-state index in [0.717, 1.165) is 6.07 Å². The van der Waals surface area contributed by atoms with Gasteiger partial charge in [-0.25, -0.2) is 4.39 Å². The average molecular weight is 307 g/mol. The van der Waals surface area contributed by atoms with E-state index in [1.54, 1.807) is 13.8 Å². The standard InChI is InChI=1S/C14H17F4NO2/c1-3-19(7-8-21-4-2)13(20)10-5-6-12(15)11(9-10)14(16,17)18/h5-6,9H,3-4,7-8H2,1-2H3. The molecule has 0 unspecified atom stereocenters. The molecule has 0 fully saturated rings. The van der Waals surface area contributed by atoms with Crippen molar-refractivity contribution in [2.75, 3.05) is 26.3 Å². The predicted molar refractivity (Wildman–Crippen MR) is 69.5 cm³/mol. The molecule has 0 saturated carbocycles. The van der Waals surface area contributed by atoms with E-state index < -0.39 is 23.5 Å². The number of benzene rings is 1. The van der Waals surface area contributed by atoms with Crippen molar-refractivity contribution < 1.29 is 27.1 Å². The van der Waals surface area contributed by atoms with Gasteiger partial charge in [-0.15, -0.1) is 0 Å². The minimum absolute atomic E-state index is 0.193. The number of nitrogens with zero attached hydrogens (tertiary/aromatic N) is 1. The second-order valence-corrected chi connectivity index (χ2v) is 4.27. The Hall–Kier alpha value is -1.63. The highest BCUT2D eigenvalue weighted by molar-refractivity contribution is 5.94. The lowest BCUT2D eigenvalue weighted by Gasteiger charge is -2.21. The van der Waals surface area contributed by atoms with Crippen LogP contribution in [0, 0.1) is 5.82 Å². The molecule has 1 aromatic rings. The third kappa shape index (κ3) is 4.70. The smallest absolute Gasteiger partial charge is 0.380 e. The summed E-state index contributed by atoms with van der Waals surface area (Å²) < 4.78 is 56.2. The maximum absolute atomic E-state index is 13.2. The number of carbonyl (C=O) groups is 1. The largest absolute Gasteiger partial charge is 0.419 e. The van der Waals surface area contributed by atoms with Crippen LogP contribution in [0.2, 0.25) is 0 Å². The lowest BCUT2D eigenvalue weighted by Crippen LogP contribution is -2.34. The zero-order chi connectivity index (χ0) is 16.0. The summed E-state index contributed by atoms with van der Waals surface area (Å²) in [6.07, 6.45) is -4.83. The Morgan fingerprint density at radius 2 is 1.95 bits per heavy atom. The van der Waals surface area contributed by atoms with Gasteiger partial charge in [0.2, 0.25) is 0 Å². The molecule has 0 aliphatic heterocycles. The van der Waals surface area contributed by atoms with Crippen molar-refractivity contribution in [2.45, 2.75) is 20.0 Å². The van der Waals surface area contributed by atoms with Gasteiger partial charge in [0.25, 0.3) is 5.91 Å². The molecule has 0 aliphatic carbocycles. The maximum atomic E-state index is 13.2. The van der Waals surface area contributed by atoms with Crippen LogP contribution in [-0.4, -0.2) is 37.1 Å². The van der Waals surface area contributed by atoms with Gasteiger partial charge >= 0.3 is 6.18 Å². The van der Waals surface area contributed by atoms with Crippen molar-refractivity contribution in [3.63, 3.8) is 0 Å². The van der Waals surface area contributed by atoms with Crippen LogP contribution < -0.4 is 0 Å². The molecule has 3 nitrogen and oxygen atoms in total. The molecule has 1 aromatic carbocycles. The van der Waals surface area contributed by atoms with Crippen molar-refractivity contribution in [3.05, 3.63) is 35.1 Å². The van der Waals surface area contributed by atoms with Gasteiger partial charge in [0.1, 0.15) is 5.82 Å². The SMILES string of the molecule is CCOCCN(CC)C(=O)c1ccc(F)c(C(F)(F)F)c1. The van der Waals surface area contributed by atoms with Crippen molar-refractivity contribution >= 4 is 5.91 Å². The summed E-state index contributed by atoms with van der Waals surface area (Å²) in [6.45, 7) is 4.88. The van der Waals surface area contributed by atoms with Gasteiger partial charge in [0, 0.05) is 25.3 Å². The Labute approximate surface area is 120 Å². The Morgan fingerprint density at radius 1 is 1.29 bits per heavy atom. The van der Waals surface area contributed by atoms with E-state index >= 15 is 0 Å². The maximum Gasteiger partial charge on any atom is 0.419 e. The number of amides is 1. The molecule has 0 saturated heterocycles. The highest BCUT2D eigenvalue weighted by Gasteiger charge is 2.35. The molecule has 0 N–H and O–H groups in total. The molecule has 0 atom stereocenters. The van der Waals surface area contributed by atoms with Crippen LogP contribution in [0.4, 0.5) is 17.6 Å². The van der Waals surface area contributed by atoms with Gasteiger partial charge in [-0.2, -0.15) is 13.2 Å². The molecule has 0 spiro atoms. The second-order valence-electron chi connectivity index (χ2n) is 4.27. The van der Waals surface area contributed by atoms with E-state index in [4.69, 9.17) is 4.74 Å². The minimum Gasteiger partial charge on any atom is -0.380 e. The second kappa shape index (κ2) is 7.40. The van der Waals surface area contributed by atoms with Crippen LogP contribution in [0.3, 0.4) is 0 Å². The highest BCUT2D eigenvalue weighted by Crippen LogP contribution is 2.32. The van der Waals surface area contributed by atoms with Gasteiger partial charge < -0.3 is 9.64 Å². The van der Waals surface area contributed by atoms with E-state index in [-0.39, 0.29) is 12.1 Å². The number of alkyl halides is 3. The molecule has 0 aliphatic rings. The monoisotopic (exact) mass is 307 g/mol. The molecule has 21 heavy (non-hydrogen) atoms. The lowest BCUT2D eigenvalue weighted by molar-refractivity contribution is -0.140. The molecule has 118 valence electrons. The first-order valence-corrected chi connectivity index (χ1v) is 6.55. The number of ether oxygens (including phenoxy) is 1. The van der Waals surface area contributed by atoms with E-state index in [9.17, 15) is 22.4 Å². The Balaban J connectivity index is 2.96. The zero-order valence-corrected chi connectivity index (χ0v) is 11.8. The van der Waals surface area contributed by atoms with Crippen molar-refractivity contribution in [1.29, 1.82) is 0 Å². The van der Waals surface area contributed by atoms with Crippen molar-refractivity contribution in [2.24, 2.45) is 0 Å². The van der Waals surface area contributed by atoms with Gasteiger partial charge in [-0.05, 0) is 32.0 Å². The summed E-state index contributed by atoms with van der Waals surface area (Å²) in [7, 11) is 0. The number of rotatable bonds is 6. The fourth-order valence-corrected chi connectivity index (χ4v) is 1.78. The summed E-state index contributed by atoms with van der Waals surface area (Å²) in [5.74, 6) is -1.97. The van der Waals surface area contributed by atoms with Crippen molar-refractivity contribution in [3.8, 4) is 0 Å². The first kappa shape index (κ1) is 17.4. The van der Waals surface area contributed by atoms with Gasteiger partial charge in [0.15, 0.2) is 0 Å². The molecule has 0 heterocycles. The summed E-state index contributed by atoms with van der Waals surface area (Å²) in [5, 5.41) is 0. The number of carbonyl (C=O) groups excluding carboxylic acids is 1.